The average Bonchev–Trinajstić information content (AvgIpc) is 2.54. The summed E-state index contributed by atoms with van der Waals surface area (Å²) in [6.45, 7) is 0.597. The van der Waals surface area contributed by atoms with Crippen LogP contribution in [0.4, 0.5) is 0 Å². The molecule has 0 saturated carbocycles. The van der Waals surface area contributed by atoms with Gasteiger partial charge < -0.3 is 9.87 Å². The molecule has 0 bridgehead atoms. The third-order valence-corrected chi connectivity index (χ3v) is 5.15. The second kappa shape index (κ2) is 5.76. The Hall–Kier alpha value is -0.710. The summed E-state index contributed by atoms with van der Waals surface area (Å²) in [5.74, 6) is 0.0451. The fourth-order valence-corrected chi connectivity index (χ4v) is 3.76. The maximum absolute atomic E-state index is 12.4. The second-order valence-electron chi connectivity index (χ2n) is 4.03. The first-order valence-corrected chi connectivity index (χ1v) is 7.19. The molecular weight excluding hydrogens is 258 g/mol. The maximum Gasteiger partial charge on any atom is 0.220 e. The Kier molecular flexibility index (Phi) is 4.31. The number of benzene rings is 1. The van der Waals surface area contributed by atoms with E-state index in [0.29, 0.717) is 29.3 Å². The number of carbonyl (C=O) groups excluding carboxylic acids is 1. The minimum Gasteiger partial charge on any atom is -0.611 e. The summed E-state index contributed by atoms with van der Waals surface area (Å²) < 4.78 is 12.4. The summed E-state index contributed by atoms with van der Waals surface area (Å²) in [6, 6.07) is 7.19. The van der Waals surface area contributed by atoms with Gasteiger partial charge in [-0.1, -0.05) is 23.7 Å². The molecule has 92 valence electrons. The van der Waals surface area contributed by atoms with Crippen LogP contribution in [0.1, 0.15) is 19.3 Å². The zero-order chi connectivity index (χ0) is 12.3. The van der Waals surface area contributed by atoms with Crippen LogP contribution in [-0.4, -0.2) is 22.3 Å². The van der Waals surface area contributed by atoms with Crippen molar-refractivity contribution in [2.45, 2.75) is 29.4 Å². The third-order valence-electron chi connectivity index (χ3n) is 2.84. The van der Waals surface area contributed by atoms with Gasteiger partial charge in [0, 0.05) is 25.8 Å². The van der Waals surface area contributed by atoms with Gasteiger partial charge in [-0.2, -0.15) is 0 Å². The third kappa shape index (κ3) is 3.15. The zero-order valence-electron chi connectivity index (χ0n) is 9.32. The van der Waals surface area contributed by atoms with Crippen molar-refractivity contribution in [2.24, 2.45) is 0 Å². The molecule has 0 radical (unpaired) electrons. The Balaban J connectivity index is 2.11. The average molecular weight is 272 g/mol. The molecule has 1 aliphatic rings. The number of hydrogen-bond acceptors (Lipinski definition) is 2. The van der Waals surface area contributed by atoms with Crippen molar-refractivity contribution >= 4 is 28.7 Å². The Labute approximate surface area is 109 Å². The van der Waals surface area contributed by atoms with E-state index in [1.54, 1.807) is 12.1 Å². The van der Waals surface area contributed by atoms with Gasteiger partial charge in [-0.05, 0) is 23.3 Å². The molecule has 1 saturated heterocycles. The van der Waals surface area contributed by atoms with Gasteiger partial charge >= 0.3 is 0 Å². The normalized spacial score (nSPS) is 22.7. The standard InChI is InChI=1S/C12H14ClNO2S/c13-10-3-1-2-4-11(10)17(16)9-5-6-12(15)14-8-7-9/h1-4,9H,5-8H2,(H,14,15). The van der Waals surface area contributed by atoms with Crippen LogP contribution >= 0.6 is 11.6 Å². The van der Waals surface area contributed by atoms with Gasteiger partial charge in [0.1, 0.15) is 5.25 Å². The molecule has 1 amide bonds. The van der Waals surface area contributed by atoms with Gasteiger partial charge in [-0.15, -0.1) is 0 Å². The highest BCUT2D eigenvalue weighted by Gasteiger charge is 2.28. The Bertz CT molecular complexity index is 413. The van der Waals surface area contributed by atoms with E-state index in [4.69, 9.17) is 11.6 Å². The van der Waals surface area contributed by atoms with Gasteiger partial charge in [-0.25, -0.2) is 0 Å². The fraction of sp³-hybridized carbons (Fsp3) is 0.417. The molecule has 2 unspecified atom stereocenters. The quantitative estimate of drug-likeness (QED) is 0.838. The van der Waals surface area contributed by atoms with E-state index in [1.165, 1.54) is 0 Å². The number of amides is 1. The molecule has 3 nitrogen and oxygen atoms in total. The monoisotopic (exact) mass is 271 g/mol. The van der Waals surface area contributed by atoms with Crippen molar-refractivity contribution in [1.82, 2.24) is 5.32 Å². The molecule has 0 aromatic heterocycles. The van der Waals surface area contributed by atoms with E-state index in [0.717, 1.165) is 6.42 Å². The van der Waals surface area contributed by atoms with Crippen LogP contribution in [0.25, 0.3) is 0 Å². The number of halogens is 1. The van der Waals surface area contributed by atoms with E-state index in [2.05, 4.69) is 5.32 Å². The number of carbonyl (C=O) groups is 1. The summed E-state index contributed by atoms with van der Waals surface area (Å²) in [7, 11) is 0. The lowest BCUT2D eigenvalue weighted by Gasteiger charge is -2.19. The second-order valence-corrected chi connectivity index (χ2v) is 6.14. The highest BCUT2D eigenvalue weighted by Crippen LogP contribution is 2.28. The lowest BCUT2D eigenvalue weighted by atomic mass is 10.2. The smallest absolute Gasteiger partial charge is 0.220 e. The Morgan fingerprint density at radius 2 is 2.12 bits per heavy atom. The van der Waals surface area contributed by atoms with Gasteiger partial charge in [0.05, 0.1) is 5.02 Å². The van der Waals surface area contributed by atoms with Gasteiger partial charge in [-0.3, -0.25) is 4.79 Å². The number of nitrogens with one attached hydrogen (secondary N) is 1. The zero-order valence-corrected chi connectivity index (χ0v) is 10.9. The summed E-state index contributed by atoms with van der Waals surface area (Å²) >= 11 is 4.90. The molecule has 0 aliphatic carbocycles. The van der Waals surface area contributed by atoms with Crippen LogP contribution < -0.4 is 5.32 Å². The van der Waals surface area contributed by atoms with E-state index in [-0.39, 0.29) is 11.2 Å². The van der Waals surface area contributed by atoms with Crippen LogP contribution in [-0.2, 0) is 16.0 Å². The molecule has 1 fully saturated rings. The molecular formula is C12H14ClNO2S. The Morgan fingerprint density at radius 1 is 1.35 bits per heavy atom. The van der Waals surface area contributed by atoms with E-state index in [1.807, 2.05) is 12.1 Å². The number of rotatable bonds is 2. The predicted molar refractivity (Wildman–Crippen MR) is 68.5 cm³/mol. The maximum atomic E-state index is 12.4. The van der Waals surface area contributed by atoms with Crippen LogP contribution in [0.5, 0.6) is 0 Å². The van der Waals surface area contributed by atoms with Crippen molar-refractivity contribution in [1.29, 1.82) is 0 Å². The molecule has 1 aromatic rings. The van der Waals surface area contributed by atoms with E-state index < -0.39 is 11.2 Å². The lowest BCUT2D eigenvalue weighted by molar-refractivity contribution is -0.120. The van der Waals surface area contributed by atoms with E-state index in [9.17, 15) is 9.35 Å². The molecule has 0 spiro atoms. The van der Waals surface area contributed by atoms with Crippen LogP contribution in [0, 0.1) is 0 Å². The molecule has 1 aliphatic heterocycles. The van der Waals surface area contributed by atoms with Crippen LogP contribution in [0.3, 0.4) is 0 Å². The molecule has 5 heteroatoms. The summed E-state index contributed by atoms with van der Waals surface area (Å²) in [6.07, 6.45) is 1.84. The highest BCUT2D eigenvalue weighted by atomic mass is 35.5. The van der Waals surface area contributed by atoms with Crippen molar-refractivity contribution < 1.29 is 9.35 Å². The largest absolute Gasteiger partial charge is 0.611 e. The first-order chi connectivity index (χ1) is 8.18. The van der Waals surface area contributed by atoms with Gasteiger partial charge in [0.15, 0.2) is 4.90 Å². The predicted octanol–water partition coefficient (Wildman–Crippen LogP) is 2.12. The summed E-state index contributed by atoms with van der Waals surface area (Å²) in [5.41, 5.74) is 0. The van der Waals surface area contributed by atoms with Crippen molar-refractivity contribution in [3.63, 3.8) is 0 Å². The van der Waals surface area contributed by atoms with Crippen molar-refractivity contribution in [3.8, 4) is 0 Å². The van der Waals surface area contributed by atoms with E-state index >= 15 is 0 Å². The minimum absolute atomic E-state index is 0.00819. The van der Waals surface area contributed by atoms with Crippen molar-refractivity contribution in [2.75, 3.05) is 6.54 Å². The molecule has 1 aromatic carbocycles. The van der Waals surface area contributed by atoms with Crippen LogP contribution in [0.15, 0.2) is 29.2 Å². The first kappa shape index (κ1) is 12.7. The molecule has 2 rings (SSSR count). The van der Waals surface area contributed by atoms with Crippen LogP contribution in [0.2, 0.25) is 5.02 Å². The fourth-order valence-electron chi connectivity index (χ4n) is 1.90. The summed E-state index contributed by atoms with van der Waals surface area (Å²) in [5, 5.41) is 3.33. The van der Waals surface area contributed by atoms with Gasteiger partial charge in [0.2, 0.25) is 5.91 Å². The Morgan fingerprint density at radius 3 is 2.88 bits per heavy atom. The molecule has 2 atom stereocenters. The minimum atomic E-state index is -1.13. The number of hydrogen-bond donors (Lipinski definition) is 1. The van der Waals surface area contributed by atoms with Crippen molar-refractivity contribution in [3.05, 3.63) is 29.3 Å². The topological polar surface area (TPSA) is 52.2 Å². The first-order valence-electron chi connectivity index (χ1n) is 5.60. The summed E-state index contributed by atoms with van der Waals surface area (Å²) in [4.78, 5) is 11.9. The molecule has 1 heterocycles. The highest BCUT2D eigenvalue weighted by molar-refractivity contribution is 7.92. The molecule has 17 heavy (non-hydrogen) atoms. The van der Waals surface area contributed by atoms with Gasteiger partial charge in [0.25, 0.3) is 0 Å². The SMILES string of the molecule is O=C1CCC([S+]([O-])c2ccccc2Cl)CCN1. The molecule has 1 N–H and O–H groups in total. The lowest BCUT2D eigenvalue weighted by Crippen LogP contribution is -2.24.